The van der Waals surface area contributed by atoms with Crippen LogP contribution in [0.1, 0.15) is 24.2 Å². The number of hydrogen-bond acceptors (Lipinski definition) is 9. The number of fused-ring (bicyclic) bond motifs is 1. The Morgan fingerprint density at radius 3 is 2.86 bits per heavy atom. The van der Waals surface area contributed by atoms with Crippen LogP contribution in [0.4, 0.5) is 11.6 Å². The predicted octanol–water partition coefficient (Wildman–Crippen LogP) is 3.84. The molecule has 0 fully saturated rings. The highest BCUT2D eigenvalue weighted by molar-refractivity contribution is 7.98. The van der Waals surface area contributed by atoms with E-state index in [1.54, 1.807) is 5.51 Å². The summed E-state index contributed by atoms with van der Waals surface area (Å²) in [6.45, 7) is 1.98. The molecule has 0 aliphatic carbocycles. The first kappa shape index (κ1) is 19.2. The molecular formula is C19H18N8S2. The van der Waals surface area contributed by atoms with E-state index in [4.69, 9.17) is 10.7 Å². The van der Waals surface area contributed by atoms with Crippen LogP contribution in [-0.4, -0.2) is 30.8 Å². The maximum Gasteiger partial charge on any atom is 0.191 e. The van der Waals surface area contributed by atoms with Crippen molar-refractivity contribution in [3.63, 3.8) is 0 Å². The average Bonchev–Trinajstić information content (AvgIpc) is 3.37. The normalized spacial score (nSPS) is 12.1. The SMILES string of the molecule is CSc1nc(N)c(C#N)c(NC(C)c2nc3ccn(C)c3cc2-c2cscn2)n1. The largest absolute Gasteiger partial charge is 0.382 e. The lowest BCUT2D eigenvalue weighted by Gasteiger charge is -2.19. The molecule has 1 unspecified atom stereocenters. The smallest absolute Gasteiger partial charge is 0.191 e. The summed E-state index contributed by atoms with van der Waals surface area (Å²) in [5, 5.41) is 15.3. The predicted molar refractivity (Wildman–Crippen MR) is 117 cm³/mol. The molecule has 0 saturated carbocycles. The Bertz CT molecular complexity index is 1220. The van der Waals surface area contributed by atoms with Gasteiger partial charge in [-0.3, -0.25) is 0 Å². The minimum atomic E-state index is -0.243. The van der Waals surface area contributed by atoms with Crippen LogP contribution in [0.25, 0.3) is 22.3 Å². The van der Waals surface area contributed by atoms with Crippen LogP contribution >= 0.6 is 23.1 Å². The van der Waals surface area contributed by atoms with Gasteiger partial charge in [0.05, 0.1) is 34.0 Å². The van der Waals surface area contributed by atoms with Crippen molar-refractivity contribution < 1.29 is 0 Å². The van der Waals surface area contributed by atoms with E-state index in [9.17, 15) is 5.26 Å². The fourth-order valence-electron chi connectivity index (χ4n) is 3.12. The summed E-state index contributed by atoms with van der Waals surface area (Å²) in [6, 6.07) is 5.92. The third kappa shape index (κ3) is 3.50. The topological polar surface area (TPSA) is 118 Å². The number of nitrogens with zero attached hydrogens (tertiary/aromatic N) is 6. The Morgan fingerprint density at radius 2 is 2.17 bits per heavy atom. The molecule has 3 N–H and O–H groups in total. The van der Waals surface area contributed by atoms with Gasteiger partial charge in [-0.15, -0.1) is 11.3 Å². The second-order valence-corrected chi connectivity index (χ2v) is 7.91. The van der Waals surface area contributed by atoms with Crippen LogP contribution in [0.3, 0.4) is 0 Å². The lowest BCUT2D eigenvalue weighted by Crippen LogP contribution is -2.14. The second-order valence-electron chi connectivity index (χ2n) is 6.42. The molecule has 0 aliphatic rings. The van der Waals surface area contributed by atoms with Crippen molar-refractivity contribution in [3.05, 3.63) is 40.5 Å². The number of thiazole rings is 1. The number of nitrogens with two attached hydrogens (primary N) is 1. The van der Waals surface area contributed by atoms with Crippen LogP contribution in [0, 0.1) is 11.3 Å². The number of aryl methyl sites for hydroxylation is 1. The first-order valence-electron chi connectivity index (χ1n) is 8.74. The number of nitriles is 1. The van der Waals surface area contributed by atoms with E-state index in [0.717, 1.165) is 28.0 Å². The summed E-state index contributed by atoms with van der Waals surface area (Å²) in [6.07, 6.45) is 3.84. The summed E-state index contributed by atoms with van der Waals surface area (Å²) in [5.74, 6) is 0.559. The van der Waals surface area contributed by atoms with Crippen molar-refractivity contribution in [2.45, 2.75) is 18.1 Å². The summed E-state index contributed by atoms with van der Waals surface area (Å²) >= 11 is 2.90. The van der Waals surface area contributed by atoms with Crippen molar-refractivity contribution in [3.8, 4) is 17.3 Å². The maximum atomic E-state index is 9.51. The second kappa shape index (κ2) is 7.69. The molecule has 4 aromatic rings. The molecule has 29 heavy (non-hydrogen) atoms. The molecular weight excluding hydrogens is 404 g/mol. The average molecular weight is 423 g/mol. The maximum absolute atomic E-state index is 9.51. The molecule has 10 heteroatoms. The van der Waals surface area contributed by atoms with E-state index in [2.05, 4.69) is 32.4 Å². The van der Waals surface area contributed by atoms with Gasteiger partial charge in [-0.05, 0) is 25.3 Å². The molecule has 4 aromatic heterocycles. The molecule has 8 nitrogen and oxygen atoms in total. The molecule has 0 bridgehead atoms. The Morgan fingerprint density at radius 1 is 1.34 bits per heavy atom. The molecule has 146 valence electrons. The zero-order valence-electron chi connectivity index (χ0n) is 16.0. The molecule has 0 spiro atoms. The van der Waals surface area contributed by atoms with Crippen LogP contribution < -0.4 is 11.1 Å². The number of nitrogen functional groups attached to an aromatic ring is 1. The highest BCUT2D eigenvalue weighted by Gasteiger charge is 2.20. The molecule has 0 aromatic carbocycles. The molecule has 1 atom stereocenters. The highest BCUT2D eigenvalue weighted by Crippen LogP contribution is 2.33. The number of anilines is 2. The van der Waals surface area contributed by atoms with Crippen LogP contribution in [-0.2, 0) is 7.05 Å². The van der Waals surface area contributed by atoms with Crippen molar-refractivity contribution in [1.82, 2.24) is 24.5 Å². The number of thioether (sulfide) groups is 1. The van der Waals surface area contributed by atoms with Gasteiger partial charge in [0, 0.05) is 24.2 Å². The summed E-state index contributed by atoms with van der Waals surface area (Å²) in [7, 11) is 1.99. The van der Waals surface area contributed by atoms with E-state index < -0.39 is 0 Å². The van der Waals surface area contributed by atoms with Gasteiger partial charge in [0.2, 0.25) is 0 Å². The molecule has 4 heterocycles. The lowest BCUT2D eigenvalue weighted by atomic mass is 10.0. The number of hydrogen-bond donors (Lipinski definition) is 2. The van der Waals surface area contributed by atoms with E-state index >= 15 is 0 Å². The third-order valence-electron chi connectivity index (χ3n) is 4.58. The van der Waals surface area contributed by atoms with Gasteiger partial charge in [-0.2, -0.15) is 5.26 Å². The Hall–Kier alpha value is -3.16. The fraction of sp³-hybridized carbons (Fsp3) is 0.211. The van der Waals surface area contributed by atoms with Gasteiger partial charge >= 0.3 is 0 Å². The van der Waals surface area contributed by atoms with Crippen LogP contribution in [0.2, 0.25) is 0 Å². The highest BCUT2D eigenvalue weighted by atomic mass is 32.2. The summed E-state index contributed by atoms with van der Waals surface area (Å²) in [5.41, 5.74) is 12.5. The zero-order valence-corrected chi connectivity index (χ0v) is 17.7. The van der Waals surface area contributed by atoms with Gasteiger partial charge < -0.3 is 15.6 Å². The number of rotatable bonds is 5. The fourth-order valence-corrected chi connectivity index (χ4v) is 4.04. The zero-order chi connectivity index (χ0) is 20.5. The Kier molecular flexibility index (Phi) is 5.08. The van der Waals surface area contributed by atoms with Gasteiger partial charge in [-0.25, -0.2) is 19.9 Å². The monoisotopic (exact) mass is 422 g/mol. The Balaban J connectivity index is 1.82. The van der Waals surface area contributed by atoms with Gasteiger partial charge in [0.1, 0.15) is 17.5 Å². The quantitative estimate of drug-likeness (QED) is 0.368. The molecule has 0 saturated heterocycles. The van der Waals surface area contributed by atoms with E-state index in [-0.39, 0.29) is 17.4 Å². The van der Waals surface area contributed by atoms with E-state index in [1.165, 1.54) is 23.1 Å². The molecule has 0 radical (unpaired) electrons. The first-order valence-corrected chi connectivity index (χ1v) is 10.9. The van der Waals surface area contributed by atoms with Gasteiger partial charge in [0.25, 0.3) is 0 Å². The lowest BCUT2D eigenvalue weighted by molar-refractivity contribution is 0.827. The van der Waals surface area contributed by atoms with Crippen molar-refractivity contribution in [2.24, 2.45) is 7.05 Å². The molecule has 0 aliphatic heterocycles. The van der Waals surface area contributed by atoms with Crippen molar-refractivity contribution in [1.29, 1.82) is 5.26 Å². The number of pyridine rings is 1. The minimum Gasteiger partial charge on any atom is -0.382 e. The summed E-state index contributed by atoms with van der Waals surface area (Å²) in [4.78, 5) is 17.9. The van der Waals surface area contributed by atoms with E-state index in [1.807, 2.05) is 42.4 Å². The molecule has 0 amide bonds. The first-order chi connectivity index (χ1) is 14.0. The van der Waals surface area contributed by atoms with Crippen LogP contribution in [0.5, 0.6) is 0 Å². The molecule has 4 rings (SSSR count). The number of nitrogens with one attached hydrogen (secondary N) is 1. The minimum absolute atomic E-state index is 0.160. The van der Waals surface area contributed by atoms with E-state index in [0.29, 0.717) is 11.0 Å². The van der Waals surface area contributed by atoms with Crippen LogP contribution in [0.15, 0.2) is 34.4 Å². The van der Waals surface area contributed by atoms with Crippen molar-refractivity contribution >= 4 is 45.8 Å². The third-order valence-corrected chi connectivity index (χ3v) is 5.71. The summed E-state index contributed by atoms with van der Waals surface area (Å²) < 4.78 is 2.03. The van der Waals surface area contributed by atoms with Gasteiger partial charge in [0.15, 0.2) is 11.0 Å². The standard InChI is InChI=1S/C19H18N8S2/c1-10(23-18-12(7-20)17(21)25-19(26-18)28-3)16-11(14-8-29-9-22-14)6-15-13(24-16)4-5-27(15)2/h4-6,8-10H,1-3H3,(H3,21,23,25,26). The Labute approximate surface area is 175 Å². The van der Waals surface area contributed by atoms with Gasteiger partial charge in [-0.1, -0.05) is 11.8 Å². The van der Waals surface area contributed by atoms with Crippen molar-refractivity contribution in [2.75, 3.05) is 17.3 Å². The number of aromatic nitrogens is 5.